The van der Waals surface area contributed by atoms with E-state index in [0.29, 0.717) is 22.7 Å². The zero-order chi connectivity index (χ0) is 30.2. The van der Waals surface area contributed by atoms with E-state index in [0.717, 1.165) is 5.56 Å². The number of nitrogens with zero attached hydrogens (tertiary/aromatic N) is 1. The van der Waals surface area contributed by atoms with Gasteiger partial charge in [0.1, 0.15) is 23.4 Å². The number of phenols is 1. The van der Waals surface area contributed by atoms with Crippen LogP contribution in [0.2, 0.25) is 5.02 Å². The number of nitrogens with one attached hydrogen (secondary N) is 2. The highest BCUT2D eigenvalue weighted by atomic mass is 35.5. The van der Waals surface area contributed by atoms with Gasteiger partial charge in [0.05, 0.1) is 10.7 Å². The van der Waals surface area contributed by atoms with Crippen LogP contribution in [0.25, 0.3) is 0 Å². The summed E-state index contributed by atoms with van der Waals surface area (Å²) in [6.07, 6.45) is -0.673. The zero-order valence-electron chi connectivity index (χ0n) is 23.8. The minimum absolute atomic E-state index is 0.0165. The number of para-hydroxylation sites is 1. The minimum Gasteiger partial charge on any atom is -0.508 e. The maximum atomic E-state index is 14.2. The van der Waals surface area contributed by atoms with Gasteiger partial charge in [-0.15, -0.1) is 0 Å². The number of amides is 4. The van der Waals surface area contributed by atoms with Crippen LogP contribution in [0.1, 0.15) is 71.0 Å². The molecule has 2 aromatic carbocycles. The number of alkyl carbamates (subject to hydrolysis) is 1. The lowest BCUT2D eigenvalue weighted by molar-refractivity contribution is -0.143. The molecule has 0 aromatic heterocycles. The van der Waals surface area contributed by atoms with Gasteiger partial charge in [0, 0.05) is 12.5 Å². The van der Waals surface area contributed by atoms with Crippen molar-refractivity contribution in [2.75, 3.05) is 5.32 Å². The van der Waals surface area contributed by atoms with Gasteiger partial charge in [-0.3, -0.25) is 14.4 Å². The standard InChI is InChI=1S/C29H39ClN4O6/c1-7-18(3)34(27(38)22(15-16-23(31)36)32-28(39)40-29(4,5)6)25(19-11-13-20(35)14-12-19)26(37)33-24-17(2)9-8-10-21(24)30/h8-14,18,22,25,35H,7,15-16H2,1-6H3,(H2,31,36)(H,32,39)(H,33,37). The molecule has 3 atom stereocenters. The number of carbonyl (C=O) groups excluding carboxylic acids is 4. The van der Waals surface area contributed by atoms with Crippen molar-refractivity contribution >= 4 is 41.1 Å². The molecule has 0 aliphatic carbocycles. The SMILES string of the molecule is CCC(C)N(C(=O)C(CCC(N)=O)NC(=O)OC(C)(C)C)C(C(=O)Nc1c(C)cccc1Cl)c1ccc(O)cc1. The maximum Gasteiger partial charge on any atom is 0.408 e. The molecular weight excluding hydrogens is 536 g/mol. The fourth-order valence-electron chi connectivity index (χ4n) is 4.05. The van der Waals surface area contributed by atoms with Crippen molar-refractivity contribution in [1.82, 2.24) is 10.2 Å². The Morgan fingerprint density at radius 3 is 2.25 bits per heavy atom. The molecular formula is C29H39ClN4O6. The Labute approximate surface area is 240 Å². The van der Waals surface area contributed by atoms with Crippen LogP contribution in [0.15, 0.2) is 42.5 Å². The van der Waals surface area contributed by atoms with Gasteiger partial charge >= 0.3 is 6.09 Å². The molecule has 4 amide bonds. The van der Waals surface area contributed by atoms with Gasteiger partial charge < -0.3 is 31.1 Å². The Balaban J connectivity index is 2.60. The molecule has 2 rings (SSSR count). The summed E-state index contributed by atoms with van der Waals surface area (Å²) >= 11 is 6.37. The van der Waals surface area contributed by atoms with Crippen molar-refractivity contribution in [2.24, 2.45) is 5.73 Å². The van der Waals surface area contributed by atoms with E-state index in [9.17, 15) is 24.3 Å². The predicted octanol–water partition coefficient (Wildman–Crippen LogP) is 4.82. The quantitative estimate of drug-likeness (QED) is 0.302. The largest absolute Gasteiger partial charge is 0.508 e. The van der Waals surface area contributed by atoms with Crippen LogP contribution >= 0.6 is 11.6 Å². The summed E-state index contributed by atoms with van der Waals surface area (Å²) in [7, 11) is 0. The molecule has 3 unspecified atom stereocenters. The van der Waals surface area contributed by atoms with Gasteiger partial charge in [0.15, 0.2) is 0 Å². The van der Waals surface area contributed by atoms with E-state index in [1.165, 1.54) is 17.0 Å². The number of phenolic OH excluding ortho intramolecular Hbond substituents is 1. The molecule has 0 fully saturated rings. The molecule has 0 aliphatic rings. The Bertz CT molecular complexity index is 1190. The van der Waals surface area contributed by atoms with Crippen LogP contribution in [0.3, 0.4) is 0 Å². The number of carbonyl (C=O) groups is 4. The lowest BCUT2D eigenvalue weighted by Gasteiger charge is -2.38. The van der Waals surface area contributed by atoms with Crippen LogP contribution in [0, 0.1) is 6.92 Å². The van der Waals surface area contributed by atoms with Crippen molar-refractivity contribution < 1.29 is 29.0 Å². The molecule has 11 heteroatoms. The molecule has 40 heavy (non-hydrogen) atoms. The highest BCUT2D eigenvalue weighted by molar-refractivity contribution is 6.34. The fourth-order valence-corrected chi connectivity index (χ4v) is 4.32. The second kappa shape index (κ2) is 14.0. The van der Waals surface area contributed by atoms with Gasteiger partial charge in [0.25, 0.3) is 5.91 Å². The molecule has 218 valence electrons. The predicted molar refractivity (Wildman–Crippen MR) is 154 cm³/mol. The second-order valence-corrected chi connectivity index (χ2v) is 11.0. The number of benzene rings is 2. The highest BCUT2D eigenvalue weighted by Gasteiger charge is 2.39. The number of hydrogen-bond acceptors (Lipinski definition) is 6. The first kappa shape index (κ1) is 32.4. The van der Waals surface area contributed by atoms with E-state index >= 15 is 0 Å². The summed E-state index contributed by atoms with van der Waals surface area (Å²) < 4.78 is 5.34. The zero-order valence-corrected chi connectivity index (χ0v) is 24.5. The molecule has 0 radical (unpaired) electrons. The number of primary amides is 1. The van der Waals surface area contributed by atoms with Crippen molar-refractivity contribution in [3.05, 3.63) is 58.6 Å². The third-order valence-corrected chi connectivity index (χ3v) is 6.51. The molecule has 0 bridgehead atoms. The van der Waals surface area contributed by atoms with Gasteiger partial charge in [-0.25, -0.2) is 4.79 Å². The Hall–Kier alpha value is -3.79. The number of aryl methyl sites for hydroxylation is 1. The molecule has 5 N–H and O–H groups in total. The van der Waals surface area contributed by atoms with E-state index in [4.69, 9.17) is 22.1 Å². The number of halogens is 1. The summed E-state index contributed by atoms with van der Waals surface area (Å²) in [6, 6.07) is 8.22. The third kappa shape index (κ3) is 9.15. The van der Waals surface area contributed by atoms with Crippen LogP contribution in [0.5, 0.6) is 5.75 Å². The molecule has 0 saturated carbocycles. The summed E-state index contributed by atoms with van der Waals surface area (Å²) in [5.74, 6) is -1.83. The van der Waals surface area contributed by atoms with Crippen LogP contribution < -0.4 is 16.4 Å². The summed E-state index contributed by atoms with van der Waals surface area (Å²) in [6.45, 7) is 10.5. The molecule has 0 heterocycles. The van der Waals surface area contributed by atoms with E-state index in [1.807, 2.05) is 6.92 Å². The number of hydrogen-bond donors (Lipinski definition) is 4. The number of rotatable bonds is 11. The van der Waals surface area contributed by atoms with E-state index in [-0.39, 0.29) is 18.6 Å². The number of anilines is 1. The minimum atomic E-state index is -1.22. The average Bonchev–Trinajstić information content (AvgIpc) is 2.86. The topological polar surface area (TPSA) is 151 Å². The third-order valence-electron chi connectivity index (χ3n) is 6.19. The molecule has 10 nitrogen and oxygen atoms in total. The van der Waals surface area contributed by atoms with Crippen LogP contribution in [-0.4, -0.2) is 51.5 Å². The fraction of sp³-hybridized carbons (Fsp3) is 0.448. The van der Waals surface area contributed by atoms with Crippen molar-refractivity contribution in [3.63, 3.8) is 0 Å². The number of ether oxygens (including phenoxy) is 1. The van der Waals surface area contributed by atoms with E-state index < -0.39 is 47.5 Å². The van der Waals surface area contributed by atoms with Crippen LogP contribution in [0.4, 0.5) is 10.5 Å². The number of nitrogens with two attached hydrogens (primary N) is 1. The van der Waals surface area contributed by atoms with Crippen molar-refractivity contribution in [1.29, 1.82) is 0 Å². The Morgan fingerprint density at radius 1 is 1.10 bits per heavy atom. The molecule has 0 saturated heterocycles. The lowest BCUT2D eigenvalue weighted by Crippen LogP contribution is -2.55. The highest BCUT2D eigenvalue weighted by Crippen LogP contribution is 2.31. The lowest BCUT2D eigenvalue weighted by atomic mass is 9.98. The smallest absolute Gasteiger partial charge is 0.408 e. The summed E-state index contributed by atoms with van der Waals surface area (Å²) in [5, 5.41) is 15.6. The van der Waals surface area contributed by atoms with Gasteiger partial charge in [0.2, 0.25) is 11.8 Å². The Kier molecular flexibility index (Phi) is 11.4. The number of aromatic hydroxyl groups is 1. The summed E-state index contributed by atoms with van der Waals surface area (Å²) in [4.78, 5) is 53.8. The molecule has 0 aliphatic heterocycles. The first-order valence-electron chi connectivity index (χ1n) is 13.1. The van der Waals surface area contributed by atoms with Gasteiger partial charge in [-0.05, 0) is 76.8 Å². The first-order chi connectivity index (χ1) is 18.6. The maximum absolute atomic E-state index is 14.2. The average molecular weight is 575 g/mol. The first-order valence-corrected chi connectivity index (χ1v) is 13.5. The second-order valence-electron chi connectivity index (χ2n) is 10.6. The summed E-state index contributed by atoms with van der Waals surface area (Å²) in [5.41, 5.74) is 6.05. The van der Waals surface area contributed by atoms with Gasteiger partial charge in [-0.1, -0.05) is 42.8 Å². The van der Waals surface area contributed by atoms with E-state index in [2.05, 4.69) is 10.6 Å². The molecule has 0 spiro atoms. The van der Waals surface area contributed by atoms with Crippen molar-refractivity contribution in [3.8, 4) is 5.75 Å². The van der Waals surface area contributed by atoms with Crippen LogP contribution in [-0.2, 0) is 19.1 Å². The van der Waals surface area contributed by atoms with E-state index in [1.54, 1.807) is 65.0 Å². The Morgan fingerprint density at radius 2 is 1.73 bits per heavy atom. The molecule has 2 aromatic rings. The van der Waals surface area contributed by atoms with Gasteiger partial charge in [-0.2, -0.15) is 0 Å². The normalized spacial score (nSPS) is 13.5. The van der Waals surface area contributed by atoms with Crippen molar-refractivity contribution in [2.45, 2.75) is 84.5 Å². The monoisotopic (exact) mass is 574 g/mol.